The largest absolute Gasteiger partial charge is 0.356 e. The molecule has 0 aliphatic carbocycles. The van der Waals surface area contributed by atoms with Crippen molar-refractivity contribution in [2.75, 3.05) is 5.32 Å². The summed E-state index contributed by atoms with van der Waals surface area (Å²) in [4.78, 5) is 11.9. The Labute approximate surface area is 134 Å². The van der Waals surface area contributed by atoms with Gasteiger partial charge >= 0.3 is 0 Å². The minimum Gasteiger partial charge on any atom is -0.356 e. The lowest BCUT2D eigenvalue weighted by molar-refractivity contribution is -0.115. The van der Waals surface area contributed by atoms with Gasteiger partial charge in [0.1, 0.15) is 17.5 Å². The Morgan fingerprint density at radius 1 is 1.00 bits per heavy atom. The molecule has 2 aromatic carbocycles. The van der Waals surface area contributed by atoms with Crippen LogP contribution >= 0.6 is 0 Å². The number of hydrogen-bond donors (Lipinski definition) is 1. The zero-order valence-corrected chi connectivity index (χ0v) is 12.2. The Kier molecular flexibility index (Phi) is 4.33. The number of nitrogens with zero attached hydrogens (tertiary/aromatic N) is 1. The molecule has 0 bridgehead atoms. The van der Waals surface area contributed by atoms with Crippen LogP contribution in [0.1, 0.15) is 5.69 Å². The molecule has 3 aromatic rings. The number of nitrogens with one attached hydrogen (secondary N) is 1. The number of carbonyl (C=O) groups excluding carboxylic acids is 1. The molecule has 1 amide bonds. The van der Waals surface area contributed by atoms with E-state index in [1.54, 1.807) is 0 Å². The molecule has 0 saturated heterocycles. The topological polar surface area (TPSA) is 55.1 Å². The van der Waals surface area contributed by atoms with Crippen LogP contribution < -0.4 is 5.32 Å². The third-order valence-corrected chi connectivity index (χ3v) is 3.23. The van der Waals surface area contributed by atoms with Crippen LogP contribution in [0.3, 0.4) is 0 Å². The molecule has 3 rings (SSSR count). The highest BCUT2D eigenvalue weighted by atomic mass is 19.1. The summed E-state index contributed by atoms with van der Waals surface area (Å²) in [6, 6.07) is 9.87. The number of carbonyl (C=O) groups is 1. The van der Waals surface area contributed by atoms with E-state index < -0.39 is 17.5 Å². The number of amides is 1. The number of benzene rings is 2. The quantitative estimate of drug-likeness (QED) is 0.787. The lowest BCUT2D eigenvalue weighted by Gasteiger charge is -2.05. The summed E-state index contributed by atoms with van der Waals surface area (Å²) < 4.78 is 44.5. The number of aromatic nitrogens is 1. The molecule has 0 aliphatic rings. The molecule has 0 aliphatic heterocycles. The van der Waals surface area contributed by atoms with E-state index in [0.29, 0.717) is 17.0 Å². The molecular formula is C17H11F3N2O2. The van der Waals surface area contributed by atoms with E-state index >= 15 is 0 Å². The molecule has 7 heteroatoms. The second-order valence-electron chi connectivity index (χ2n) is 5.04. The number of anilines is 1. The first-order valence-corrected chi connectivity index (χ1v) is 6.98. The second kappa shape index (κ2) is 6.57. The van der Waals surface area contributed by atoms with Crippen LogP contribution in [0.5, 0.6) is 0 Å². The predicted molar refractivity (Wildman–Crippen MR) is 80.6 cm³/mol. The molecule has 1 heterocycles. The van der Waals surface area contributed by atoms with Crippen molar-refractivity contribution in [2.45, 2.75) is 6.42 Å². The van der Waals surface area contributed by atoms with Crippen molar-refractivity contribution in [2.24, 2.45) is 0 Å². The third kappa shape index (κ3) is 3.62. The molecular weight excluding hydrogens is 321 g/mol. The van der Waals surface area contributed by atoms with Crippen LogP contribution in [0.15, 0.2) is 53.1 Å². The smallest absolute Gasteiger partial charge is 0.230 e. The fraction of sp³-hybridized carbons (Fsp3) is 0.0588. The Morgan fingerprint density at radius 2 is 1.71 bits per heavy atom. The summed E-state index contributed by atoms with van der Waals surface area (Å²) in [5, 5.41) is 6.01. The zero-order chi connectivity index (χ0) is 17.1. The lowest BCUT2D eigenvalue weighted by Crippen LogP contribution is -2.15. The molecule has 0 unspecified atom stereocenters. The summed E-state index contributed by atoms with van der Waals surface area (Å²) in [6.07, 6.45) is -0.180. The summed E-state index contributed by atoms with van der Waals surface area (Å²) in [7, 11) is 0. The monoisotopic (exact) mass is 332 g/mol. The van der Waals surface area contributed by atoms with E-state index in [1.165, 1.54) is 30.3 Å². The van der Waals surface area contributed by atoms with Crippen LogP contribution in [-0.4, -0.2) is 11.1 Å². The van der Waals surface area contributed by atoms with E-state index in [-0.39, 0.29) is 17.9 Å². The van der Waals surface area contributed by atoms with Crippen LogP contribution in [0.4, 0.5) is 18.9 Å². The maximum absolute atomic E-state index is 13.5. The number of rotatable bonds is 4. The predicted octanol–water partition coefficient (Wildman–Crippen LogP) is 3.94. The highest BCUT2D eigenvalue weighted by molar-refractivity contribution is 5.92. The van der Waals surface area contributed by atoms with Crippen molar-refractivity contribution in [1.29, 1.82) is 0 Å². The van der Waals surface area contributed by atoms with Gasteiger partial charge in [0.2, 0.25) is 5.91 Å². The maximum atomic E-state index is 13.5. The van der Waals surface area contributed by atoms with Crippen LogP contribution in [0.2, 0.25) is 0 Å². The molecule has 1 aromatic heterocycles. The zero-order valence-electron chi connectivity index (χ0n) is 12.2. The maximum Gasteiger partial charge on any atom is 0.230 e. The fourth-order valence-corrected chi connectivity index (χ4v) is 2.10. The first-order valence-electron chi connectivity index (χ1n) is 6.98. The van der Waals surface area contributed by atoms with Gasteiger partial charge in [-0.2, -0.15) is 0 Å². The molecule has 122 valence electrons. The Bertz CT molecular complexity index is 876. The standard InChI is InChI=1S/C17H11F3N2O2/c18-11-3-1-10(2-4-11)16-8-13(22-24-16)9-17(23)21-15-7-12(19)5-6-14(15)20/h1-8H,9H2,(H,21,23). The van der Waals surface area contributed by atoms with Crippen molar-refractivity contribution in [3.63, 3.8) is 0 Å². The summed E-state index contributed by atoms with van der Waals surface area (Å²) in [6.45, 7) is 0. The van der Waals surface area contributed by atoms with Crippen molar-refractivity contribution in [3.05, 3.63) is 71.7 Å². The Balaban J connectivity index is 1.69. The van der Waals surface area contributed by atoms with Gasteiger partial charge in [-0.1, -0.05) is 5.16 Å². The van der Waals surface area contributed by atoms with Gasteiger partial charge in [0.15, 0.2) is 5.76 Å². The van der Waals surface area contributed by atoms with Crippen molar-refractivity contribution < 1.29 is 22.5 Å². The molecule has 0 radical (unpaired) electrons. The third-order valence-electron chi connectivity index (χ3n) is 3.23. The van der Waals surface area contributed by atoms with E-state index in [2.05, 4.69) is 10.5 Å². The molecule has 0 saturated carbocycles. The minimum absolute atomic E-state index is 0.180. The van der Waals surface area contributed by atoms with Gasteiger partial charge in [0.25, 0.3) is 0 Å². The highest BCUT2D eigenvalue weighted by Gasteiger charge is 2.13. The number of halogens is 3. The van der Waals surface area contributed by atoms with Gasteiger partial charge in [0, 0.05) is 17.7 Å². The highest BCUT2D eigenvalue weighted by Crippen LogP contribution is 2.21. The molecule has 24 heavy (non-hydrogen) atoms. The Hall–Kier alpha value is -3.09. The van der Waals surface area contributed by atoms with Gasteiger partial charge in [-0.3, -0.25) is 4.79 Å². The van der Waals surface area contributed by atoms with Gasteiger partial charge < -0.3 is 9.84 Å². The Morgan fingerprint density at radius 3 is 2.46 bits per heavy atom. The van der Waals surface area contributed by atoms with E-state index in [9.17, 15) is 18.0 Å². The van der Waals surface area contributed by atoms with E-state index in [0.717, 1.165) is 18.2 Å². The molecule has 0 spiro atoms. The van der Waals surface area contributed by atoms with E-state index in [4.69, 9.17) is 4.52 Å². The van der Waals surface area contributed by atoms with Gasteiger partial charge in [0.05, 0.1) is 17.8 Å². The first-order chi connectivity index (χ1) is 11.5. The molecule has 4 nitrogen and oxygen atoms in total. The first kappa shape index (κ1) is 15.8. The summed E-state index contributed by atoms with van der Waals surface area (Å²) >= 11 is 0. The SMILES string of the molecule is O=C(Cc1cc(-c2ccc(F)cc2)on1)Nc1cc(F)ccc1F. The average Bonchev–Trinajstić information content (AvgIpc) is 3.00. The minimum atomic E-state index is -0.739. The molecule has 1 N–H and O–H groups in total. The lowest BCUT2D eigenvalue weighted by atomic mass is 10.1. The van der Waals surface area contributed by atoms with Gasteiger partial charge in [-0.15, -0.1) is 0 Å². The summed E-state index contributed by atoms with van der Waals surface area (Å²) in [5.74, 6) is -1.98. The van der Waals surface area contributed by atoms with Crippen molar-refractivity contribution in [3.8, 4) is 11.3 Å². The van der Waals surface area contributed by atoms with Crippen LogP contribution in [0, 0.1) is 17.5 Å². The van der Waals surface area contributed by atoms with Gasteiger partial charge in [-0.25, -0.2) is 13.2 Å². The van der Waals surface area contributed by atoms with Crippen LogP contribution in [-0.2, 0) is 11.2 Å². The van der Waals surface area contributed by atoms with E-state index in [1.807, 2.05) is 0 Å². The van der Waals surface area contributed by atoms with Gasteiger partial charge in [-0.05, 0) is 36.4 Å². The molecule has 0 atom stereocenters. The van der Waals surface area contributed by atoms with Crippen LogP contribution in [0.25, 0.3) is 11.3 Å². The normalized spacial score (nSPS) is 10.6. The summed E-state index contributed by atoms with van der Waals surface area (Å²) in [5.41, 5.74) is 0.664. The average molecular weight is 332 g/mol. The fourth-order valence-electron chi connectivity index (χ4n) is 2.10. The van der Waals surface area contributed by atoms with Crippen molar-refractivity contribution >= 4 is 11.6 Å². The molecule has 0 fully saturated rings. The number of hydrogen-bond acceptors (Lipinski definition) is 3. The second-order valence-corrected chi connectivity index (χ2v) is 5.04. The van der Waals surface area contributed by atoms with Crippen molar-refractivity contribution in [1.82, 2.24) is 5.16 Å².